The third-order valence-electron chi connectivity index (χ3n) is 10.0. The molecule has 4 aromatic carbocycles. The predicted octanol–water partition coefficient (Wildman–Crippen LogP) is 14.8. The summed E-state index contributed by atoms with van der Waals surface area (Å²) in [6.07, 6.45) is 0. The molecule has 0 aliphatic heterocycles. The molecular formula is C48H36O4S5. The Morgan fingerprint density at radius 3 is 0.684 bits per heavy atom. The third-order valence-corrected chi connectivity index (χ3v) is 19.9. The van der Waals surface area contributed by atoms with Gasteiger partial charge >= 0.3 is 0 Å². The highest BCUT2D eigenvalue weighted by Crippen LogP contribution is 2.79. The first-order chi connectivity index (χ1) is 27.5. The molecule has 0 aliphatic rings. The van der Waals surface area contributed by atoms with Gasteiger partial charge in [0.25, 0.3) is 0 Å². The molecule has 8 aromatic rings. The van der Waals surface area contributed by atoms with Gasteiger partial charge in [-0.25, -0.2) is 0 Å². The van der Waals surface area contributed by atoms with E-state index in [9.17, 15) is 19.2 Å². The fourth-order valence-electron chi connectivity index (χ4n) is 6.70. The molecule has 57 heavy (non-hydrogen) atoms. The van der Waals surface area contributed by atoms with E-state index in [1.54, 1.807) is 73.0 Å². The number of carbonyl (C=O) groups is 4. The van der Waals surface area contributed by atoms with Crippen LogP contribution in [-0.2, 0) is 0 Å². The molecule has 0 saturated heterocycles. The summed E-state index contributed by atoms with van der Waals surface area (Å²) in [5.74, 6) is 0.146. The number of Topliss-reactive ketones (excluding diaryl/α,β-unsaturated/α-hetero) is 4. The summed E-state index contributed by atoms with van der Waals surface area (Å²) in [6.45, 7) is 6.34. The van der Waals surface area contributed by atoms with Crippen LogP contribution in [0.25, 0.3) is 44.5 Å². The summed E-state index contributed by atoms with van der Waals surface area (Å²) in [4.78, 5) is 48.5. The number of thiophene rings is 4. The van der Waals surface area contributed by atoms with E-state index in [-0.39, 0.29) is 23.1 Å². The van der Waals surface area contributed by atoms with Gasteiger partial charge in [0.15, 0.2) is 23.1 Å². The lowest BCUT2D eigenvalue weighted by molar-refractivity contribution is 0.100. The van der Waals surface area contributed by atoms with Crippen LogP contribution in [0.15, 0.2) is 160 Å². The second-order valence-electron chi connectivity index (χ2n) is 13.8. The number of benzene rings is 4. The van der Waals surface area contributed by atoms with E-state index >= 15 is 0 Å². The molecule has 0 N–H and O–H groups in total. The average molecular weight is 837 g/mol. The normalized spacial score (nSPS) is 11.7. The first-order valence-corrected chi connectivity index (χ1v) is 23.3. The Kier molecular flexibility index (Phi) is 10.8. The van der Waals surface area contributed by atoms with Crippen molar-refractivity contribution in [1.82, 2.24) is 0 Å². The standard InChI is InChI=1S/C48H36O4S5/c1-29(49)33-5-13-37(14-6-33)41-21-45(53-25-41)57(46-22-42(26-54-46)38-15-7-34(8-16-38)30(2)50,47-23-43(27-55-47)39-17-9-35(10-18-39)31(3)51)48-24-44(28-56-48)40-19-11-36(12-20-40)32(4)52/h5-28H,1-4H3. The van der Waals surface area contributed by atoms with Crippen LogP contribution in [0.3, 0.4) is 0 Å². The van der Waals surface area contributed by atoms with Gasteiger partial charge in [0.1, 0.15) is 0 Å². The lowest BCUT2D eigenvalue weighted by Crippen LogP contribution is -1.98. The highest BCUT2D eigenvalue weighted by Gasteiger charge is 2.39. The van der Waals surface area contributed by atoms with E-state index in [1.165, 1.54) is 16.8 Å². The zero-order chi connectivity index (χ0) is 39.8. The Bertz CT molecular complexity index is 2390. The van der Waals surface area contributed by atoms with Gasteiger partial charge in [-0.1, -0.05) is 107 Å². The Balaban J connectivity index is 1.35. The molecule has 0 amide bonds. The molecule has 282 valence electrons. The van der Waals surface area contributed by atoms with E-state index in [0.717, 1.165) is 44.5 Å². The van der Waals surface area contributed by atoms with Gasteiger partial charge < -0.3 is 0 Å². The number of ketones is 4. The van der Waals surface area contributed by atoms with Crippen LogP contribution in [-0.4, -0.2) is 23.1 Å². The van der Waals surface area contributed by atoms with Crippen LogP contribution < -0.4 is 0 Å². The van der Waals surface area contributed by atoms with Gasteiger partial charge in [-0.05, 0) is 118 Å². The lowest BCUT2D eigenvalue weighted by atomic mass is 10.1. The minimum atomic E-state index is -2.09. The van der Waals surface area contributed by atoms with Gasteiger partial charge in [-0.15, -0.1) is 45.3 Å². The highest BCUT2D eigenvalue weighted by atomic mass is 32.3. The van der Waals surface area contributed by atoms with Crippen molar-refractivity contribution in [2.75, 3.05) is 0 Å². The van der Waals surface area contributed by atoms with Crippen LogP contribution >= 0.6 is 55.4 Å². The minimum absolute atomic E-state index is 0.0364. The SMILES string of the molecule is CC(=O)c1ccc(-c2csc(S(c3cc(-c4ccc(C(C)=O)cc4)cs3)(c3cc(-c4ccc(C(C)=O)cc4)cs3)c3cc(-c4ccc(C(C)=O)cc4)cs3)c2)cc1. The third kappa shape index (κ3) is 7.49. The van der Waals surface area contributed by atoms with Crippen molar-refractivity contribution in [1.29, 1.82) is 0 Å². The Morgan fingerprint density at radius 2 is 0.509 bits per heavy atom. The summed E-state index contributed by atoms with van der Waals surface area (Å²) in [5, 5.41) is 8.88. The first-order valence-electron chi connectivity index (χ1n) is 18.1. The number of hydrogen-bond acceptors (Lipinski definition) is 8. The molecule has 8 rings (SSSR count). The number of hydrogen-bond donors (Lipinski definition) is 0. The quantitative estimate of drug-likeness (QED) is 0.115. The maximum Gasteiger partial charge on any atom is 0.159 e. The van der Waals surface area contributed by atoms with Gasteiger partial charge in [0.05, 0.1) is 16.8 Å². The summed E-state index contributed by atoms with van der Waals surface area (Å²) >= 11 is 7.02. The van der Waals surface area contributed by atoms with E-state index in [4.69, 9.17) is 0 Å². The van der Waals surface area contributed by atoms with E-state index in [0.29, 0.717) is 22.3 Å². The zero-order valence-electron chi connectivity index (χ0n) is 31.5. The second kappa shape index (κ2) is 15.9. The van der Waals surface area contributed by atoms with Crippen molar-refractivity contribution in [3.8, 4) is 44.5 Å². The summed E-state index contributed by atoms with van der Waals surface area (Å²) in [6, 6.07) is 40.6. The Morgan fingerprint density at radius 1 is 0.316 bits per heavy atom. The molecule has 4 heterocycles. The molecule has 0 unspecified atom stereocenters. The molecular weight excluding hydrogens is 801 g/mol. The van der Waals surface area contributed by atoms with E-state index in [2.05, 4.69) is 45.8 Å². The maximum atomic E-state index is 12.1. The van der Waals surface area contributed by atoms with E-state index in [1.807, 2.05) is 97.1 Å². The van der Waals surface area contributed by atoms with Crippen LogP contribution in [0.1, 0.15) is 69.1 Å². The lowest BCUT2D eigenvalue weighted by Gasteiger charge is -2.36. The summed E-state index contributed by atoms with van der Waals surface area (Å²) < 4.78 is 4.92. The fraction of sp³-hybridized carbons (Fsp3) is 0.0833. The molecule has 0 radical (unpaired) electrons. The van der Waals surface area contributed by atoms with Crippen molar-refractivity contribution in [2.24, 2.45) is 0 Å². The molecule has 0 atom stereocenters. The van der Waals surface area contributed by atoms with E-state index < -0.39 is 10.0 Å². The molecule has 0 fully saturated rings. The van der Waals surface area contributed by atoms with Crippen LogP contribution in [0.2, 0.25) is 0 Å². The molecule has 4 nitrogen and oxygen atoms in total. The van der Waals surface area contributed by atoms with Crippen molar-refractivity contribution in [3.63, 3.8) is 0 Å². The van der Waals surface area contributed by atoms with Crippen molar-refractivity contribution in [3.05, 3.63) is 165 Å². The van der Waals surface area contributed by atoms with Gasteiger partial charge in [-0.3, -0.25) is 19.2 Å². The highest BCUT2D eigenvalue weighted by molar-refractivity contribution is 8.37. The Hall–Kier alpha value is -5.29. The molecule has 9 heteroatoms. The molecule has 0 saturated carbocycles. The van der Waals surface area contributed by atoms with Gasteiger partial charge in [0.2, 0.25) is 0 Å². The first kappa shape index (κ1) is 38.6. The molecule has 0 aliphatic carbocycles. The average Bonchev–Trinajstić information content (AvgIpc) is 4.07. The second-order valence-corrected chi connectivity index (χ2v) is 21.4. The van der Waals surface area contributed by atoms with Crippen molar-refractivity contribution in [2.45, 2.75) is 44.5 Å². The predicted molar refractivity (Wildman–Crippen MR) is 240 cm³/mol. The summed E-state index contributed by atoms with van der Waals surface area (Å²) in [7, 11) is -2.09. The van der Waals surface area contributed by atoms with Crippen LogP contribution in [0.4, 0.5) is 0 Å². The number of carbonyl (C=O) groups excluding carboxylic acids is 4. The van der Waals surface area contributed by atoms with Gasteiger partial charge in [0, 0.05) is 22.3 Å². The molecule has 4 aromatic heterocycles. The van der Waals surface area contributed by atoms with Crippen LogP contribution in [0.5, 0.6) is 0 Å². The molecule has 0 bridgehead atoms. The van der Waals surface area contributed by atoms with Crippen molar-refractivity contribution >= 4 is 78.5 Å². The monoisotopic (exact) mass is 836 g/mol. The minimum Gasteiger partial charge on any atom is -0.295 e. The summed E-state index contributed by atoms with van der Waals surface area (Å²) in [5.41, 5.74) is 11.3. The van der Waals surface area contributed by atoms with Gasteiger partial charge in [-0.2, -0.15) is 0 Å². The van der Waals surface area contributed by atoms with Crippen LogP contribution in [0, 0.1) is 0 Å². The zero-order valence-corrected chi connectivity index (χ0v) is 35.6. The topological polar surface area (TPSA) is 68.3 Å². The number of rotatable bonds is 12. The largest absolute Gasteiger partial charge is 0.295 e. The Labute approximate surface area is 349 Å². The van der Waals surface area contributed by atoms with Crippen molar-refractivity contribution < 1.29 is 19.2 Å². The smallest absolute Gasteiger partial charge is 0.159 e. The molecule has 0 spiro atoms. The fourth-order valence-corrected chi connectivity index (χ4v) is 18.7. The maximum absolute atomic E-state index is 12.1.